The molecule has 1 heterocycles. The van der Waals surface area contributed by atoms with E-state index in [1.165, 1.54) is 7.11 Å². The summed E-state index contributed by atoms with van der Waals surface area (Å²) in [7, 11) is 1.38. The van der Waals surface area contributed by atoms with E-state index in [0.29, 0.717) is 24.2 Å². The predicted octanol–water partition coefficient (Wildman–Crippen LogP) is 1.56. The molecule has 0 aliphatic rings. The molecule has 6 heteroatoms. The lowest BCUT2D eigenvalue weighted by molar-refractivity contribution is -0.144. The summed E-state index contributed by atoms with van der Waals surface area (Å²) in [5.74, 6) is 1.52. The summed E-state index contributed by atoms with van der Waals surface area (Å²) in [6.45, 7) is 8.48. The van der Waals surface area contributed by atoms with E-state index in [2.05, 4.69) is 29.3 Å². The molecule has 1 aromatic heterocycles. The van der Waals surface area contributed by atoms with Crippen LogP contribution in [-0.2, 0) is 22.5 Å². The van der Waals surface area contributed by atoms with Crippen LogP contribution in [0.4, 0.5) is 0 Å². The van der Waals surface area contributed by atoms with Gasteiger partial charge in [-0.1, -0.05) is 32.9 Å². The summed E-state index contributed by atoms with van der Waals surface area (Å²) in [4.78, 5) is 15.9. The summed E-state index contributed by atoms with van der Waals surface area (Å²) in [5, 5.41) is 6.98. The van der Waals surface area contributed by atoms with Crippen molar-refractivity contribution in [3.63, 3.8) is 0 Å². The largest absolute Gasteiger partial charge is 0.468 e. The van der Waals surface area contributed by atoms with Gasteiger partial charge >= 0.3 is 5.97 Å². The van der Waals surface area contributed by atoms with Gasteiger partial charge in [0.05, 0.1) is 13.7 Å². The molecule has 1 N–H and O–H groups in total. The third-order valence-corrected chi connectivity index (χ3v) is 2.69. The van der Waals surface area contributed by atoms with Gasteiger partial charge in [0.25, 0.3) is 0 Å². The molecule has 0 radical (unpaired) electrons. The average Bonchev–Trinajstić information content (AvgIpc) is 2.75. The second kappa shape index (κ2) is 7.23. The van der Waals surface area contributed by atoms with Crippen molar-refractivity contribution in [2.75, 3.05) is 7.11 Å². The smallest absolute Gasteiger partial charge is 0.323 e. The topological polar surface area (TPSA) is 77.2 Å². The SMILES string of the molecule is COC(=O)C(NCc1noc(CC(C)C)n1)C(C)C. The number of hydrogen-bond acceptors (Lipinski definition) is 6. The first-order chi connectivity index (χ1) is 8.93. The van der Waals surface area contributed by atoms with Crippen molar-refractivity contribution < 1.29 is 14.1 Å². The normalized spacial score (nSPS) is 13.0. The van der Waals surface area contributed by atoms with Gasteiger partial charge in [0.2, 0.25) is 5.89 Å². The van der Waals surface area contributed by atoms with Crippen LogP contribution in [0.15, 0.2) is 4.52 Å². The number of ether oxygens (including phenoxy) is 1. The number of rotatable bonds is 7. The van der Waals surface area contributed by atoms with Crippen molar-refractivity contribution in [2.45, 2.75) is 46.7 Å². The van der Waals surface area contributed by atoms with Crippen molar-refractivity contribution >= 4 is 5.97 Å². The van der Waals surface area contributed by atoms with Crippen LogP contribution < -0.4 is 5.32 Å². The van der Waals surface area contributed by atoms with E-state index in [4.69, 9.17) is 9.26 Å². The Kier molecular flexibility index (Phi) is 5.95. The number of nitrogens with one attached hydrogen (secondary N) is 1. The molecule has 1 unspecified atom stereocenters. The number of esters is 1. The molecule has 0 fully saturated rings. The maximum Gasteiger partial charge on any atom is 0.323 e. The van der Waals surface area contributed by atoms with Crippen molar-refractivity contribution in [3.8, 4) is 0 Å². The fourth-order valence-corrected chi connectivity index (χ4v) is 1.71. The van der Waals surface area contributed by atoms with Crippen LogP contribution in [0.1, 0.15) is 39.4 Å². The molecule has 0 bridgehead atoms. The number of carbonyl (C=O) groups excluding carboxylic acids is 1. The van der Waals surface area contributed by atoms with Gasteiger partial charge in [0.15, 0.2) is 5.82 Å². The highest BCUT2D eigenvalue weighted by Crippen LogP contribution is 2.07. The Morgan fingerprint density at radius 2 is 2.05 bits per heavy atom. The first-order valence-corrected chi connectivity index (χ1v) is 6.56. The van der Waals surface area contributed by atoms with Gasteiger partial charge in [-0.2, -0.15) is 4.98 Å². The van der Waals surface area contributed by atoms with Crippen LogP contribution in [0.3, 0.4) is 0 Å². The molecule has 108 valence electrons. The lowest BCUT2D eigenvalue weighted by Crippen LogP contribution is -2.41. The summed E-state index contributed by atoms with van der Waals surface area (Å²) < 4.78 is 9.89. The van der Waals surface area contributed by atoms with E-state index in [9.17, 15) is 4.79 Å². The van der Waals surface area contributed by atoms with E-state index in [1.54, 1.807) is 0 Å². The lowest BCUT2D eigenvalue weighted by Gasteiger charge is -2.18. The van der Waals surface area contributed by atoms with Gasteiger partial charge in [-0.15, -0.1) is 0 Å². The van der Waals surface area contributed by atoms with Gasteiger partial charge in [-0.3, -0.25) is 10.1 Å². The molecule has 1 rings (SSSR count). The minimum Gasteiger partial charge on any atom is -0.468 e. The van der Waals surface area contributed by atoms with Gasteiger partial charge in [-0.25, -0.2) is 0 Å². The first-order valence-electron chi connectivity index (χ1n) is 6.56. The molecule has 0 aliphatic heterocycles. The first kappa shape index (κ1) is 15.6. The Bertz CT molecular complexity index is 402. The molecule has 0 aromatic carbocycles. The van der Waals surface area contributed by atoms with E-state index >= 15 is 0 Å². The van der Waals surface area contributed by atoms with Crippen LogP contribution in [0.2, 0.25) is 0 Å². The maximum absolute atomic E-state index is 11.6. The maximum atomic E-state index is 11.6. The van der Waals surface area contributed by atoms with Gasteiger partial charge < -0.3 is 9.26 Å². The number of nitrogens with zero attached hydrogens (tertiary/aromatic N) is 2. The van der Waals surface area contributed by atoms with Crippen molar-refractivity contribution in [3.05, 3.63) is 11.7 Å². The Morgan fingerprint density at radius 3 is 2.58 bits per heavy atom. The Balaban J connectivity index is 2.54. The van der Waals surface area contributed by atoms with E-state index < -0.39 is 0 Å². The minimum atomic E-state index is -0.364. The van der Waals surface area contributed by atoms with Crippen LogP contribution in [0.5, 0.6) is 0 Å². The van der Waals surface area contributed by atoms with Gasteiger partial charge in [-0.05, 0) is 11.8 Å². The molecule has 0 saturated heterocycles. The zero-order valence-electron chi connectivity index (χ0n) is 12.3. The van der Waals surface area contributed by atoms with Crippen LogP contribution in [0, 0.1) is 11.8 Å². The molecular formula is C13H23N3O3. The number of methoxy groups -OCH3 is 1. The summed E-state index contributed by atoms with van der Waals surface area (Å²) in [6.07, 6.45) is 0.762. The zero-order chi connectivity index (χ0) is 14.4. The molecule has 0 spiro atoms. The fraction of sp³-hybridized carbons (Fsp3) is 0.769. The van der Waals surface area contributed by atoms with Gasteiger partial charge in [0, 0.05) is 6.42 Å². The van der Waals surface area contributed by atoms with Crippen LogP contribution in [-0.4, -0.2) is 29.3 Å². The van der Waals surface area contributed by atoms with Crippen LogP contribution in [0.25, 0.3) is 0 Å². The van der Waals surface area contributed by atoms with Gasteiger partial charge in [0.1, 0.15) is 6.04 Å². The fourth-order valence-electron chi connectivity index (χ4n) is 1.71. The molecule has 19 heavy (non-hydrogen) atoms. The van der Waals surface area contributed by atoms with Crippen molar-refractivity contribution in [2.24, 2.45) is 11.8 Å². The summed E-state index contributed by atoms with van der Waals surface area (Å²) >= 11 is 0. The molecule has 1 aromatic rings. The van der Waals surface area contributed by atoms with Crippen LogP contribution >= 0.6 is 0 Å². The Labute approximate surface area is 113 Å². The average molecular weight is 269 g/mol. The number of aromatic nitrogens is 2. The molecule has 0 amide bonds. The third-order valence-electron chi connectivity index (χ3n) is 2.69. The van der Waals surface area contributed by atoms with Crippen molar-refractivity contribution in [1.82, 2.24) is 15.5 Å². The summed E-state index contributed by atoms with van der Waals surface area (Å²) in [5.41, 5.74) is 0. The Morgan fingerprint density at radius 1 is 1.37 bits per heavy atom. The van der Waals surface area contributed by atoms with E-state index in [1.807, 2.05) is 13.8 Å². The highest BCUT2D eigenvalue weighted by atomic mass is 16.5. The summed E-state index contributed by atoms with van der Waals surface area (Å²) in [6, 6.07) is -0.364. The second-order valence-corrected chi connectivity index (χ2v) is 5.33. The quantitative estimate of drug-likeness (QED) is 0.757. The lowest BCUT2D eigenvalue weighted by atomic mass is 10.0. The van der Waals surface area contributed by atoms with Crippen molar-refractivity contribution in [1.29, 1.82) is 0 Å². The molecule has 0 saturated carbocycles. The highest BCUT2D eigenvalue weighted by molar-refractivity contribution is 5.75. The predicted molar refractivity (Wildman–Crippen MR) is 70.3 cm³/mol. The van der Waals surface area contributed by atoms with E-state index in [-0.39, 0.29) is 17.9 Å². The Hall–Kier alpha value is -1.43. The monoisotopic (exact) mass is 269 g/mol. The molecule has 0 aliphatic carbocycles. The van der Waals surface area contributed by atoms with E-state index in [0.717, 1.165) is 6.42 Å². The molecular weight excluding hydrogens is 246 g/mol. The minimum absolute atomic E-state index is 0.134. The highest BCUT2D eigenvalue weighted by Gasteiger charge is 2.23. The second-order valence-electron chi connectivity index (χ2n) is 5.33. The molecule has 6 nitrogen and oxygen atoms in total. The number of carbonyl (C=O) groups is 1. The third kappa shape index (κ3) is 4.98. The molecule has 1 atom stereocenters. The number of hydrogen-bond donors (Lipinski definition) is 1. The standard InChI is InChI=1S/C13H23N3O3/c1-8(2)6-11-15-10(16-19-11)7-14-12(9(3)4)13(17)18-5/h8-9,12,14H,6-7H2,1-5H3. The zero-order valence-corrected chi connectivity index (χ0v) is 12.3.